The number of nitrogens with zero attached hydrogens (tertiary/aromatic N) is 1. The molecule has 0 fully saturated rings. The van der Waals surface area contributed by atoms with Crippen molar-refractivity contribution in [3.8, 4) is 0 Å². The van der Waals surface area contributed by atoms with Crippen LogP contribution in [-0.2, 0) is 6.42 Å². The smallest absolute Gasteiger partial charge is 0.0459 e. The van der Waals surface area contributed by atoms with Crippen LogP contribution in [0, 0.1) is 13.8 Å². The first-order valence-corrected chi connectivity index (χ1v) is 7.20. The van der Waals surface area contributed by atoms with E-state index in [0.717, 1.165) is 22.7 Å². The Morgan fingerprint density at radius 3 is 2.35 bits per heavy atom. The maximum atomic E-state index is 6.32. The van der Waals surface area contributed by atoms with Gasteiger partial charge < -0.3 is 10.6 Å². The minimum Gasteiger partial charge on any atom is -0.344 e. The lowest BCUT2D eigenvalue weighted by Gasteiger charge is -2.24. The van der Waals surface area contributed by atoms with Gasteiger partial charge >= 0.3 is 0 Å². The van der Waals surface area contributed by atoms with Crippen LogP contribution >= 0.6 is 11.6 Å². The summed E-state index contributed by atoms with van der Waals surface area (Å²) in [5.74, 6) is 0. The zero-order valence-electron chi connectivity index (χ0n) is 12.3. The number of halogens is 1. The maximum absolute atomic E-state index is 6.32. The number of aryl methyl sites for hydroxylation is 2. The van der Waals surface area contributed by atoms with Gasteiger partial charge in [0.05, 0.1) is 0 Å². The van der Waals surface area contributed by atoms with Gasteiger partial charge in [0.15, 0.2) is 0 Å². The highest BCUT2D eigenvalue weighted by molar-refractivity contribution is 6.31. The molecule has 2 aromatic rings. The van der Waals surface area contributed by atoms with Gasteiger partial charge in [0.1, 0.15) is 0 Å². The quantitative estimate of drug-likeness (QED) is 0.912. The molecular formula is C17H21ClN2. The van der Waals surface area contributed by atoms with E-state index >= 15 is 0 Å². The summed E-state index contributed by atoms with van der Waals surface area (Å²) in [5.41, 5.74) is 11.6. The van der Waals surface area contributed by atoms with Crippen molar-refractivity contribution < 1.29 is 0 Å². The summed E-state index contributed by atoms with van der Waals surface area (Å²) in [7, 11) is 2.07. The second-order valence-electron chi connectivity index (χ2n) is 5.18. The minimum atomic E-state index is 0.595. The molecule has 0 aliphatic heterocycles. The number of nitrogens with two attached hydrogens (primary N) is 1. The first-order chi connectivity index (χ1) is 9.52. The van der Waals surface area contributed by atoms with E-state index in [9.17, 15) is 0 Å². The molecule has 0 aliphatic carbocycles. The fourth-order valence-corrected chi connectivity index (χ4v) is 2.80. The van der Waals surface area contributed by atoms with Crippen LogP contribution in [0.3, 0.4) is 0 Å². The van der Waals surface area contributed by atoms with Crippen molar-refractivity contribution in [2.24, 2.45) is 5.73 Å². The maximum Gasteiger partial charge on any atom is 0.0459 e. The third kappa shape index (κ3) is 3.14. The molecule has 0 unspecified atom stereocenters. The van der Waals surface area contributed by atoms with Crippen molar-refractivity contribution in [3.05, 3.63) is 58.1 Å². The van der Waals surface area contributed by atoms with Crippen molar-refractivity contribution in [2.45, 2.75) is 20.3 Å². The fourth-order valence-electron chi connectivity index (χ4n) is 2.54. The van der Waals surface area contributed by atoms with E-state index in [0.29, 0.717) is 6.54 Å². The van der Waals surface area contributed by atoms with Gasteiger partial charge in [0.2, 0.25) is 0 Å². The second-order valence-corrected chi connectivity index (χ2v) is 5.59. The molecule has 0 atom stereocenters. The molecule has 2 nitrogen and oxygen atoms in total. The molecule has 0 aromatic heterocycles. The molecule has 3 heteroatoms. The molecule has 0 heterocycles. The molecule has 0 aliphatic rings. The van der Waals surface area contributed by atoms with E-state index in [2.05, 4.69) is 50.1 Å². The van der Waals surface area contributed by atoms with E-state index in [-0.39, 0.29) is 0 Å². The average molecular weight is 289 g/mol. The highest BCUT2D eigenvalue weighted by Gasteiger charge is 2.12. The molecule has 0 amide bonds. The molecule has 2 rings (SSSR count). The van der Waals surface area contributed by atoms with Gasteiger partial charge in [-0.15, -0.1) is 0 Å². The Labute approximate surface area is 126 Å². The molecule has 0 bridgehead atoms. The van der Waals surface area contributed by atoms with Crippen LogP contribution in [0.2, 0.25) is 5.02 Å². The monoisotopic (exact) mass is 288 g/mol. The lowest BCUT2D eigenvalue weighted by molar-refractivity contribution is 0.961. The van der Waals surface area contributed by atoms with E-state index in [1.807, 2.05) is 12.1 Å². The molecule has 0 saturated heterocycles. The lowest BCUT2D eigenvalue weighted by atomic mass is 10.1. The Bertz CT molecular complexity index is 588. The van der Waals surface area contributed by atoms with Crippen LogP contribution in [0.1, 0.15) is 16.7 Å². The van der Waals surface area contributed by atoms with E-state index in [4.69, 9.17) is 17.3 Å². The van der Waals surface area contributed by atoms with Crippen LogP contribution in [0.5, 0.6) is 0 Å². The number of anilines is 2. The van der Waals surface area contributed by atoms with Gasteiger partial charge in [-0.1, -0.05) is 23.7 Å². The Morgan fingerprint density at radius 1 is 1.10 bits per heavy atom. The summed E-state index contributed by atoms with van der Waals surface area (Å²) in [4.78, 5) is 2.18. The highest BCUT2D eigenvalue weighted by atomic mass is 35.5. The molecule has 2 aromatic carbocycles. The topological polar surface area (TPSA) is 29.3 Å². The SMILES string of the molecule is Cc1cc(C)cc(N(C)c2cccc(Cl)c2CCN)c1. The van der Waals surface area contributed by atoms with E-state index in [1.165, 1.54) is 16.8 Å². The van der Waals surface area contributed by atoms with Gasteiger partial charge in [-0.3, -0.25) is 0 Å². The minimum absolute atomic E-state index is 0.595. The Morgan fingerprint density at radius 2 is 1.75 bits per heavy atom. The van der Waals surface area contributed by atoms with Crippen LogP contribution in [0.25, 0.3) is 0 Å². The lowest BCUT2D eigenvalue weighted by Crippen LogP contribution is -2.14. The summed E-state index contributed by atoms with van der Waals surface area (Å²) in [6.45, 7) is 4.82. The highest BCUT2D eigenvalue weighted by Crippen LogP contribution is 2.32. The normalized spacial score (nSPS) is 10.7. The zero-order valence-corrected chi connectivity index (χ0v) is 13.0. The third-order valence-corrected chi connectivity index (χ3v) is 3.80. The molecule has 0 saturated carbocycles. The van der Waals surface area contributed by atoms with Crippen LogP contribution in [-0.4, -0.2) is 13.6 Å². The molecule has 0 radical (unpaired) electrons. The summed E-state index contributed by atoms with van der Waals surface area (Å²) >= 11 is 6.32. The van der Waals surface area contributed by atoms with Crippen molar-refractivity contribution in [3.63, 3.8) is 0 Å². The van der Waals surface area contributed by atoms with Gasteiger partial charge in [-0.05, 0) is 67.8 Å². The Kier molecular flexibility index (Phi) is 4.69. The van der Waals surface area contributed by atoms with Gasteiger partial charge in [-0.25, -0.2) is 0 Å². The Balaban J connectivity index is 2.47. The van der Waals surface area contributed by atoms with Gasteiger partial charge in [-0.2, -0.15) is 0 Å². The summed E-state index contributed by atoms with van der Waals surface area (Å²) in [6, 6.07) is 12.5. The number of hydrogen-bond donors (Lipinski definition) is 1. The number of hydrogen-bond acceptors (Lipinski definition) is 2. The second kappa shape index (κ2) is 6.29. The molecule has 0 spiro atoms. The standard InChI is InChI=1S/C17H21ClN2/c1-12-9-13(2)11-14(10-12)20(3)17-6-4-5-16(18)15(17)7-8-19/h4-6,9-11H,7-8,19H2,1-3H3. The fraction of sp³-hybridized carbons (Fsp3) is 0.294. The summed E-state index contributed by atoms with van der Waals surface area (Å²) < 4.78 is 0. The molecular weight excluding hydrogens is 268 g/mol. The average Bonchev–Trinajstić information content (AvgIpc) is 2.39. The van der Waals surface area contributed by atoms with Crippen molar-refractivity contribution in [1.29, 1.82) is 0 Å². The van der Waals surface area contributed by atoms with Crippen LogP contribution in [0.4, 0.5) is 11.4 Å². The molecule has 2 N–H and O–H groups in total. The predicted octanol–water partition coefficient (Wildman–Crippen LogP) is 4.23. The molecule has 20 heavy (non-hydrogen) atoms. The predicted molar refractivity (Wildman–Crippen MR) is 88.2 cm³/mol. The first kappa shape index (κ1) is 14.9. The third-order valence-electron chi connectivity index (χ3n) is 3.44. The molecule has 106 valence electrons. The van der Waals surface area contributed by atoms with Gasteiger partial charge in [0, 0.05) is 23.4 Å². The van der Waals surface area contributed by atoms with Gasteiger partial charge in [0.25, 0.3) is 0 Å². The van der Waals surface area contributed by atoms with Crippen LogP contribution in [0.15, 0.2) is 36.4 Å². The van der Waals surface area contributed by atoms with E-state index < -0.39 is 0 Å². The summed E-state index contributed by atoms with van der Waals surface area (Å²) in [5, 5.41) is 0.782. The Hall–Kier alpha value is -1.51. The van der Waals surface area contributed by atoms with E-state index in [1.54, 1.807) is 0 Å². The zero-order chi connectivity index (χ0) is 14.7. The number of rotatable bonds is 4. The van der Waals surface area contributed by atoms with Crippen molar-refractivity contribution >= 4 is 23.0 Å². The largest absolute Gasteiger partial charge is 0.344 e. The first-order valence-electron chi connectivity index (χ1n) is 6.82. The number of benzene rings is 2. The van der Waals surface area contributed by atoms with Crippen LogP contribution < -0.4 is 10.6 Å². The van der Waals surface area contributed by atoms with Crippen molar-refractivity contribution in [1.82, 2.24) is 0 Å². The summed E-state index contributed by atoms with van der Waals surface area (Å²) in [6.07, 6.45) is 0.782. The van der Waals surface area contributed by atoms with Crippen molar-refractivity contribution in [2.75, 3.05) is 18.5 Å².